The fourth-order valence-corrected chi connectivity index (χ4v) is 29.7. The molecule has 0 N–H and O–H groups in total. The van der Waals surface area contributed by atoms with Gasteiger partial charge in [0, 0.05) is 139 Å². The van der Waals surface area contributed by atoms with Crippen LogP contribution in [0.2, 0.25) is 0 Å². The van der Waals surface area contributed by atoms with Gasteiger partial charge in [-0.2, -0.15) is 0 Å². The highest BCUT2D eigenvalue weighted by Crippen LogP contribution is 2.67. The molecule has 0 saturated heterocycles. The third-order valence-corrected chi connectivity index (χ3v) is 37.8. The molecule has 28 rings (SSSR count). The molecule has 8 nitrogen and oxygen atoms in total. The Morgan fingerprint density at radius 1 is 0.271 bits per heavy atom. The smallest absolute Gasteiger partial charge is 0.252 e. The molecule has 2 saturated carbocycles. The van der Waals surface area contributed by atoms with Crippen molar-refractivity contribution in [1.82, 2.24) is 9.13 Å². The Morgan fingerprint density at radius 2 is 0.646 bits per heavy atom. The van der Waals surface area contributed by atoms with Gasteiger partial charge in [-0.15, -0.1) is 0 Å². The lowest BCUT2D eigenvalue weighted by Crippen LogP contribution is -2.61. The van der Waals surface area contributed by atoms with Crippen molar-refractivity contribution >= 4 is 169 Å². The second-order valence-electron chi connectivity index (χ2n) is 53.0. The summed E-state index contributed by atoms with van der Waals surface area (Å²) < 4.78 is 19.4. The Balaban J connectivity index is 0.000000143. The first-order chi connectivity index (χ1) is 68.2. The van der Waals surface area contributed by atoms with Crippen LogP contribution in [0.4, 0.5) is 56.9 Å². The van der Waals surface area contributed by atoms with Gasteiger partial charge in [0.15, 0.2) is 5.58 Å². The topological polar surface area (TPSA) is 49.1 Å². The first kappa shape index (κ1) is 89.9. The van der Waals surface area contributed by atoms with Crippen molar-refractivity contribution in [3.8, 4) is 33.6 Å². The van der Waals surface area contributed by atoms with Crippen LogP contribution in [-0.4, -0.2) is 33.6 Å². The van der Waals surface area contributed by atoms with Crippen molar-refractivity contribution in [2.24, 2.45) is 0 Å². The van der Waals surface area contributed by atoms with Gasteiger partial charge in [0.1, 0.15) is 16.7 Å². The molecule has 10 aliphatic rings. The minimum atomic E-state index is -0.259. The predicted octanol–water partition coefficient (Wildman–Crippen LogP) is 32.2. The molecule has 720 valence electrons. The van der Waals surface area contributed by atoms with E-state index in [-0.39, 0.29) is 78.7 Å². The number of rotatable bonds is 4. The molecule has 0 spiro atoms. The van der Waals surface area contributed by atoms with Gasteiger partial charge in [0.2, 0.25) is 0 Å². The molecule has 10 heterocycles. The summed E-state index contributed by atoms with van der Waals surface area (Å²) >= 11 is 0. The zero-order valence-corrected chi connectivity index (χ0v) is 89.6. The van der Waals surface area contributed by atoms with Gasteiger partial charge in [-0.05, 0) is 263 Å². The molecule has 6 aliphatic heterocycles. The average molecular weight is 1880 g/mol. The van der Waals surface area contributed by atoms with Crippen LogP contribution in [0.25, 0.3) is 99.3 Å². The minimum absolute atomic E-state index is 0.00830. The number of benzene rings is 14. The molecule has 4 unspecified atom stereocenters. The standard InChI is InChI=1S/2C67H68BN3O/c1-62(2,3)39-28-30-51-48(34-39)66(12)31-18-19-32-67(66,13)71(51)42-37-54-58-55(38-42)70-59-46(57-45-22-14-16-24-47(45)65(10,11)61(57)70)33-41(64(7,8)9)35-50(59)68(58)49-29-27-40(63(4,5)6)36-53(49)69(54)52-25-20-23-44-43-21-15-17-26-56(43)72-60(44)52;1-62(2,3)39-28-30-50-47(34-39)66(12)31-18-19-32-67(66,13)71(50)42-37-53-59-54(38-42)70-60-45(57-43-21-14-16-23-46(43)65(10,11)61(57)70)33-41(64(7,8)9)35-49(60)68(59)48-29-27-40(63(4,5)6)36-52(48)69(53)51-24-20-26-56-58(51)44-22-15-17-25-55(44)72-56/h2*14-17,20-30,33-38H,18-19,31-32H2,1-13H3. The molecule has 144 heavy (non-hydrogen) atoms. The molecule has 0 amide bonds. The quantitative estimate of drug-likeness (QED) is 0.164. The summed E-state index contributed by atoms with van der Waals surface area (Å²) in [4.78, 5) is 11.0. The number of para-hydroxylation sites is 3. The lowest BCUT2D eigenvalue weighted by molar-refractivity contribution is 0.195. The first-order valence-electron chi connectivity index (χ1n) is 53.9. The second-order valence-corrected chi connectivity index (χ2v) is 53.0. The highest BCUT2D eigenvalue weighted by Gasteiger charge is 2.62. The largest absolute Gasteiger partial charge is 0.456 e. The third kappa shape index (κ3) is 11.8. The van der Waals surface area contributed by atoms with E-state index in [9.17, 15) is 0 Å². The SMILES string of the molecule is CC(C)(C)c1ccc2c(c1)N(c1cccc3c1oc1ccccc13)c1cc(N3c4ccc(C(C)(C)C)cc4C4(C)CCCCC34C)cc3c1B2c1cc(C(C)(C)C)cc2c4c(n-3c12)C(C)(C)c1ccccc1-4.CC(C)(C)c1ccc2c(c1)N(c1cccc3oc4ccccc4c13)c1cc(N3c4ccc(C(C)(C)C)cc4C4(C)CCCCC34C)cc3c1B2c1cc(C(C)(C)C)cc2c4c(n-3c12)C(C)(C)c1ccccc1-4. The van der Waals surface area contributed by atoms with Crippen molar-refractivity contribution in [3.05, 3.63) is 322 Å². The van der Waals surface area contributed by atoms with E-state index in [1.165, 1.54) is 239 Å². The minimum Gasteiger partial charge on any atom is -0.456 e. The summed E-state index contributed by atoms with van der Waals surface area (Å²) in [5.74, 6) is 0. The van der Waals surface area contributed by atoms with Crippen LogP contribution in [0.1, 0.15) is 298 Å². The Bertz CT molecular complexity index is 8720. The molecular weight excluding hydrogens is 1750 g/mol. The molecule has 18 aromatic rings. The van der Waals surface area contributed by atoms with Gasteiger partial charge in [0.25, 0.3) is 13.4 Å². The van der Waals surface area contributed by atoms with Gasteiger partial charge >= 0.3 is 0 Å². The molecule has 10 heteroatoms. The van der Waals surface area contributed by atoms with E-state index in [0.717, 1.165) is 68.1 Å². The van der Waals surface area contributed by atoms with Gasteiger partial charge in [-0.3, -0.25) is 0 Å². The maximum atomic E-state index is 7.09. The van der Waals surface area contributed by atoms with Crippen molar-refractivity contribution in [2.75, 3.05) is 19.6 Å². The number of nitrogens with zero attached hydrogens (tertiary/aromatic N) is 6. The fourth-order valence-electron chi connectivity index (χ4n) is 29.7. The second kappa shape index (κ2) is 29.1. The lowest BCUT2D eigenvalue weighted by Gasteiger charge is -2.51. The predicted molar refractivity (Wildman–Crippen MR) is 613 cm³/mol. The summed E-state index contributed by atoms with van der Waals surface area (Å²) in [5.41, 5.74) is 50.9. The fraction of sp³-hybridized carbons (Fsp3) is 0.343. The summed E-state index contributed by atoms with van der Waals surface area (Å²) in [7, 11) is 0. The van der Waals surface area contributed by atoms with E-state index in [2.05, 4.69) is 464 Å². The third-order valence-electron chi connectivity index (χ3n) is 37.8. The van der Waals surface area contributed by atoms with Gasteiger partial charge in [-0.1, -0.05) is 356 Å². The van der Waals surface area contributed by atoms with Crippen LogP contribution in [-0.2, 0) is 54.1 Å². The zero-order valence-electron chi connectivity index (χ0n) is 89.6. The summed E-state index contributed by atoms with van der Waals surface area (Å²) in [6.07, 6.45) is 9.52. The van der Waals surface area contributed by atoms with E-state index >= 15 is 0 Å². The van der Waals surface area contributed by atoms with E-state index in [1.807, 2.05) is 0 Å². The molecule has 4 aliphatic carbocycles. The van der Waals surface area contributed by atoms with Crippen molar-refractivity contribution < 1.29 is 8.83 Å². The van der Waals surface area contributed by atoms with E-state index in [0.29, 0.717) is 0 Å². The highest BCUT2D eigenvalue weighted by atomic mass is 16.3. The van der Waals surface area contributed by atoms with Crippen molar-refractivity contribution in [3.63, 3.8) is 0 Å². The number of anilines is 10. The normalized spacial score (nSPS) is 20.5. The van der Waals surface area contributed by atoms with Crippen LogP contribution in [0.3, 0.4) is 0 Å². The lowest BCUT2D eigenvalue weighted by atomic mass is 9.33. The summed E-state index contributed by atoms with van der Waals surface area (Å²) in [6.45, 7) is 63.0. The van der Waals surface area contributed by atoms with Crippen LogP contribution in [0, 0.1) is 0 Å². The molecule has 4 aromatic heterocycles. The number of hydrogen-bond acceptors (Lipinski definition) is 6. The Hall–Kier alpha value is -12.9. The van der Waals surface area contributed by atoms with Crippen LogP contribution < -0.4 is 52.4 Å². The zero-order chi connectivity index (χ0) is 99.9. The van der Waals surface area contributed by atoms with E-state index in [4.69, 9.17) is 8.83 Å². The first-order valence-corrected chi connectivity index (χ1v) is 53.9. The van der Waals surface area contributed by atoms with Crippen molar-refractivity contribution in [2.45, 2.75) is 297 Å². The number of fused-ring (bicyclic) bond motifs is 30. The van der Waals surface area contributed by atoms with Crippen molar-refractivity contribution in [1.29, 1.82) is 0 Å². The maximum absolute atomic E-state index is 7.09. The molecule has 0 radical (unpaired) electrons. The van der Waals surface area contributed by atoms with E-state index < -0.39 is 0 Å². The summed E-state index contributed by atoms with van der Waals surface area (Å²) in [6, 6.07) is 100. The Morgan fingerprint density at radius 3 is 1.11 bits per heavy atom. The van der Waals surface area contributed by atoms with Gasteiger partial charge in [0.05, 0.1) is 27.8 Å². The maximum Gasteiger partial charge on any atom is 0.252 e. The highest BCUT2D eigenvalue weighted by molar-refractivity contribution is 7.01. The van der Waals surface area contributed by atoms with Gasteiger partial charge in [-0.25, -0.2) is 0 Å². The van der Waals surface area contributed by atoms with E-state index in [1.54, 1.807) is 0 Å². The van der Waals surface area contributed by atoms with Gasteiger partial charge < -0.3 is 37.6 Å². The summed E-state index contributed by atoms with van der Waals surface area (Å²) in [5, 5.41) is 7.33. The molecule has 4 atom stereocenters. The molecule has 14 aromatic carbocycles. The number of hydrogen-bond donors (Lipinski definition) is 0. The Kier molecular flexibility index (Phi) is 18.1. The average Bonchev–Trinajstić information content (AvgIpc) is 1.49. The number of furan rings is 2. The molecular formula is C134H136B2N6O2. The van der Waals surface area contributed by atoms with Crippen LogP contribution in [0.5, 0.6) is 0 Å². The molecule has 0 bridgehead atoms. The number of aromatic nitrogens is 2. The molecule has 2 fully saturated rings. The Labute approximate surface area is 852 Å². The van der Waals surface area contributed by atoms with Crippen LogP contribution >= 0.6 is 0 Å². The van der Waals surface area contributed by atoms with Crippen LogP contribution in [0.15, 0.2) is 264 Å². The monoisotopic (exact) mass is 1880 g/mol.